The van der Waals surface area contributed by atoms with E-state index in [0.717, 1.165) is 49.1 Å². The van der Waals surface area contributed by atoms with Gasteiger partial charge in [0.05, 0.1) is 17.1 Å². The fraction of sp³-hybridized carbons (Fsp3) is 0.500. The van der Waals surface area contributed by atoms with Gasteiger partial charge in [0.1, 0.15) is 5.82 Å². The number of aromatic nitrogens is 2. The van der Waals surface area contributed by atoms with E-state index in [9.17, 15) is 4.79 Å². The number of rotatable bonds is 5. The summed E-state index contributed by atoms with van der Waals surface area (Å²) in [6.45, 7) is 1.66. The third-order valence-corrected chi connectivity index (χ3v) is 4.13. The van der Waals surface area contributed by atoms with Crippen LogP contribution in [0.3, 0.4) is 0 Å². The Kier molecular flexibility index (Phi) is 4.20. The molecular weight excluding hydrogens is 264 g/mol. The van der Waals surface area contributed by atoms with E-state index in [2.05, 4.69) is 26.3 Å². The van der Waals surface area contributed by atoms with Crippen LogP contribution in [0.1, 0.15) is 25.1 Å². The number of carbonyl (C=O) groups is 1. The summed E-state index contributed by atoms with van der Waals surface area (Å²) in [5.41, 5.74) is 2.20. The fourth-order valence-corrected chi connectivity index (χ4v) is 2.91. The van der Waals surface area contributed by atoms with Crippen molar-refractivity contribution in [1.82, 2.24) is 20.2 Å². The molecule has 5 heteroatoms. The number of aryl methyl sites for hydroxylation is 2. The monoisotopic (exact) mass is 286 g/mol. The van der Waals surface area contributed by atoms with Gasteiger partial charge in [-0.05, 0) is 37.9 Å². The number of nitrogens with one attached hydrogen (secondary N) is 2. The summed E-state index contributed by atoms with van der Waals surface area (Å²) >= 11 is 0. The Morgan fingerprint density at radius 3 is 3.10 bits per heavy atom. The van der Waals surface area contributed by atoms with Gasteiger partial charge in [-0.3, -0.25) is 4.79 Å². The molecular formula is C16H22N4O. The van der Waals surface area contributed by atoms with Gasteiger partial charge in [0, 0.05) is 20.0 Å². The van der Waals surface area contributed by atoms with Gasteiger partial charge >= 0.3 is 0 Å². The molecule has 2 heterocycles. The molecule has 0 radical (unpaired) electrons. The van der Waals surface area contributed by atoms with Crippen LogP contribution >= 0.6 is 0 Å². The van der Waals surface area contributed by atoms with E-state index >= 15 is 0 Å². The molecule has 2 N–H and O–H groups in total. The van der Waals surface area contributed by atoms with E-state index < -0.39 is 0 Å². The number of nitrogens with zero attached hydrogens (tertiary/aromatic N) is 2. The lowest BCUT2D eigenvalue weighted by Gasteiger charge is -2.10. The van der Waals surface area contributed by atoms with Crippen LogP contribution < -0.4 is 10.6 Å². The highest BCUT2D eigenvalue weighted by molar-refractivity contribution is 5.82. The minimum Gasteiger partial charge on any atom is -0.355 e. The molecule has 1 aliphatic rings. The zero-order valence-electron chi connectivity index (χ0n) is 12.4. The van der Waals surface area contributed by atoms with Gasteiger partial charge in [-0.25, -0.2) is 4.98 Å². The SMILES string of the molecule is Cn1c(CCCNC(=O)[C@@H]2CCCN2)nc2ccccc21. The second kappa shape index (κ2) is 6.26. The summed E-state index contributed by atoms with van der Waals surface area (Å²) in [7, 11) is 2.05. The Morgan fingerprint density at radius 1 is 1.48 bits per heavy atom. The van der Waals surface area contributed by atoms with Crippen LogP contribution in [0.25, 0.3) is 11.0 Å². The predicted octanol–water partition coefficient (Wildman–Crippen LogP) is 1.37. The van der Waals surface area contributed by atoms with Crippen LogP contribution in [0.5, 0.6) is 0 Å². The Labute approximate surface area is 124 Å². The Hall–Kier alpha value is -1.88. The van der Waals surface area contributed by atoms with Crippen molar-refractivity contribution in [3.05, 3.63) is 30.1 Å². The number of carbonyl (C=O) groups excluding carboxylic acids is 1. The van der Waals surface area contributed by atoms with E-state index in [-0.39, 0.29) is 11.9 Å². The minimum absolute atomic E-state index is 0.0146. The molecule has 1 amide bonds. The van der Waals surface area contributed by atoms with Gasteiger partial charge in [-0.15, -0.1) is 0 Å². The first-order valence-corrected chi connectivity index (χ1v) is 7.67. The lowest BCUT2D eigenvalue weighted by Crippen LogP contribution is -2.40. The molecule has 0 unspecified atom stereocenters. The molecule has 1 aliphatic heterocycles. The summed E-state index contributed by atoms with van der Waals surface area (Å²) in [6, 6.07) is 8.17. The first kappa shape index (κ1) is 14.1. The van der Waals surface area contributed by atoms with Gasteiger partial charge in [0.15, 0.2) is 0 Å². The quantitative estimate of drug-likeness (QED) is 0.816. The van der Waals surface area contributed by atoms with E-state index in [0.29, 0.717) is 6.54 Å². The highest BCUT2D eigenvalue weighted by Gasteiger charge is 2.21. The molecule has 1 aromatic heterocycles. The van der Waals surface area contributed by atoms with Crippen molar-refractivity contribution >= 4 is 16.9 Å². The molecule has 21 heavy (non-hydrogen) atoms. The first-order valence-electron chi connectivity index (χ1n) is 7.67. The molecule has 5 nitrogen and oxygen atoms in total. The summed E-state index contributed by atoms with van der Waals surface area (Å²) in [4.78, 5) is 16.5. The number of amides is 1. The number of benzene rings is 1. The Balaban J connectivity index is 1.50. The number of hydrogen-bond acceptors (Lipinski definition) is 3. The highest BCUT2D eigenvalue weighted by atomic mass is 16.2. The van der Waals surface area contributed by atoms with Gasteiger partial charge in [0.2, 0.25) is 5.91 Å². The van der Waals surface area contributed by atoms with Gasteiger partial charge < -0.3 is 15.2 Å². The van der Waals surface area contributed by atoms with Crippen LogP contribution in [0.15, 0.2) is 24.3 Å². The summed E-state index contributed by atoms with van der Waals surface area (Å²) < 4.78 is 2.13. The number of imidazole rings is 1. The third-order valence-electron chi connectivity index (χ3n) is 4.13. The maximum absolute atomic E-state index is 11.9. The summed E-state index contributed by atoms with van der Waals surface area (Å²) in [5, 5.41) is 6.22. The Morgan fingerprint density at radius 2 is 2.33 bits per heavy atom. The molecule has 1 atom stereocenters. The van der Waals surface area contributed by atoms with Crippen LogP contribution in [0, 0.1) is 0 Å². The molecule has 1 saturated heterocycles. The molecule has 0 saturated carbocycles. The van der Waals surface area contributed by atoms with Gasteiger partial charge in [-0.2, -0.15) is 0 Å². The topological polar surface area (TPSA) is 59.0 Å². The number of para-hydroxylation sites is 2. The van der Waals surface area contributed by atoms with Gasteiger partial charge in [0.25, 0.3) is 0 Å². The lowest BCUT2D eigenvalue weighted by molar-refractivity contribution is -0.122. The fourth-order valence-electron chi connectivity index (χ4n) is 2.91. The second-order valence-electron chi connectivity index (χ2n) is 5.62. The molecule has 0 spiro atoms. The van der Waals surface area contributed by atoms with Crippen molar-refractivity contribution in [2.45, 2.75) is 31.7 Å². The van der Waals surface area contributed by atoms with E-state index in [4.69, 9.17) is 0 Å². The lowest BCUT2D eigenvalue weighted by atomic mass is 10.2. The second-order valence-corrected chi connectivity index (χ2v) is 5.62. The smallest absolute Gasteiger partial charge is 0.237 e. The zero-order chi connectivity index (χ0) is 14.7. The van der Waals surface area contributed by atoms with Crippen molar-refractivity contribution in [2.24, 2.45) is 7.05 Å². The largest absolute Gasteiger partial charge is 0.355 e. The minimum atomic E-state index is 0.0146. The number of hydrogen-bond donors (Lipinski definition) is 2. The van der Waals surface area contributed by atoms with Crippen LogP contribution in [-0.2, 0) is 18.3 Å². The van der Waals surface area contributed by atoms with Crippen molar-refractivity contribution in [2.75, 3.05) is 13.1 Å². The molecule has 0 aliphatic carbocycles. The van der Waals surface area contributed by atoms with Crippen molar-refractivity contribution in [3.63, 3.8) is 0 Å². The molecule has 1 aromatic carbocycles. The zero-order valence-corrected chi connectivity index (χ0v) is 12.4. The van der Waals surface area contributed by atoms with Gasteiger partial charge in [-0.1, -0.05) is 12.1 Å². The van der Waals surface area contributed by atoms with E-state index in [1.807, 2.05) is 25.2 Å². The van der Waals surface area contributed by atoms with Crippen LogP contribution in [0.2, 0.25) is 0 Å². The van der Waals surface area contributed by atoms with E-state index in [1.54, 1.807) is 0 Å². The maximum atomic E-state index is 11.9. The average molecular weight is 286 g/mol. The van der Waals surface area contributed by atoms with Crippen molar-refractivity contribution < 1.29 is 4.79 Å². The van der Waals surface area contributed by atoms with Crippen molar-refractivity contribution in [3.8, 4) is 0 Å². The average Bonchev–Trinajstić information content (AvgIpc) is 3.13. The summed E-state index contributed by atoms with van der Waals surface area (Å²) in [5.74, 6) is 1.21. The van der Waals surface area contributed by atoms with Crippen LogP contribution in [-0.4, -0.2) is 34.6 Å². The molecule has 112 valence electrons. The van der Waals surface area contributed by atoms with Crippen LogP contribution in [0.4, 0.5) is 0 Å². The molecule has 0 bridgehead atoms. The summed E-state index contributed by atoms with van der Waals surface area (Å²) in [6.07, 6.45) is 3.84. The van der Waals surface area contributed by atoms with E-state index in [1.165, 1.54) is 0 Å². The predicted molar refractivity (Wildman–Crippen MR) is 83.1 cm³/mol. The first-order chi connectivity index (χ1) is 10.3. The Bertz CT molecular complexity index is 628. The molecule has 1 fully saturated rings. The molecule has 3 rings (SSSR count). The number of fused-ring (bicyclic) bond motifs is 1. The standard InChI is InChI=1S/C16H22N4O/c1-20-14-8-3-2-6-12(14)19-15(20)9-5-11-18-16(21)13-7-4-10-17-13/h2-3,6,8,13,17H,4-5,7,9-11H2,1H3,(H,18,21)/t13-/m0/s1. The maximum Gasteiger partial charge on any atom is 0.237 e. The van der Waals surface area contributed by atoms with Crippen molar-refractivity contribution in [1.29, 1.82) is 0 Å². The molecule has 2 aromatic rings. The highest BCUT2D eigenvalue weighted by Crippen LogP contribution is 2.15. The normalized spacial score (nSPS) is 18.2. The third kappa shape index (κ3) is 3.08.